The summed E-state index contributed by atoms with van der Waals surface area (Å²) in [4.78, 5) is 35.0. The molecule has 12 nitrogen and oxygen atoms in total. The van der Waals surface area contributed by atoms with Crippen molar-refractivity contribution in [2.75, 3.05) is 26.4 Å². The van der Waals surface area contributed by atoms with Crippen molar-refractivity contribution in [3.63, 3.8) is 0 Å². The zero-order valence-corrected chi connectivity index (χ0v) is 36.2. The number of carbonyl (C=O) groups excluding carboxylic acids is 2. The number of furan rings is 1. The molecule has 1 unspecified atom stereocenters. The lowest BCUT2D eigenvalue weighted by atomic mass is 10.0. The molecule has 0 aliphatic heterocycles. The number of aryl methyl sites for hydroxylation is 2. The number of ether oxygens (including phenoxy) is 2. The van der Waals surface area contributed by atoms with Crippen LogP contribution in [0.2, 0.25) is 0 Å². The second-order valence-electron chi connectivity index (χ2n) is 15.1. The normalized spacial score (nSPS) is 14.5. The first-order valence-corrected chi connectivity index (χ1v) is 23.2. The summed E-state index contributed by atoms with van der Waals surface area (Å²) in [5.41, 5.74) is 7.94. The molecule has 1 rings (SSSR count). The molecule has 1 aromatic heterocycles. The maximum absolute atomic E-state index is 12.6. The van der Waals surface area contributed by atoms with Gasteiger partial charge in [0.2, 0.25) is 0 Å². The van der Waals surface area contributed by atoms with E-state index in [9.17, 15) is 29.3 Å². The highest BCUT2D eigenvalue weighted by Crippen LogP contribution is 2.43. The molecule has 0 saturated carbocycles. The van der Waals surface area contributed by atoms with E-state index in [0.717, 1.165) is 108 Å². The van der Waals surface area contributed by atoms with Crippen LogP contribution in [0, 0.1) is 13.8 Å². The minimum absolute atomic E-state index is 0.0251. The molecule has 0 radical (unpaired) electrons. The lowest BCUT2D eigenvalue weighted by Gasteiger charge is -2.20. The zero-order valence-electron chi connectivity index (χ0n) is 35.3. The predicted octanol–water partition coefficient (Wildman–Crippen LogP) is 9.43. The van der Waals surface area contributed by atoms with E-state index in [2.05, 4.69) is 33.8 Å². The van der Waals surface area contributed by atoms with Crippen molar-refractivity contribution in [2.45, 2.75) is 200 Å². The zero-order chi connectivity index (χ0) is 41.4. The van der Waals surface area contributed by atoms with Crippen LogP contribution in [0.25, 0.3) is 0 Å². The highest BCUT2D eigenvalue weighted by molar-refractivity contribution is 7.47. The summed E-state index contributed by atoms with van der Waals surface area (Å²) in [5.74, 6) is 1.31. The number of rotatable bonds is 37. The Bertz CT molecular complexity index is 1240. The van der Waals surface area contributed by atoms with Crippen molar-refractivity contribution in [1.82, 2.24) is 0 Å². The first-order valence-electron chi connectivity index (χ1n) is 21.7. The number of aliphatic hydroxyl groups is 2. The average molecular weight is 816 g/mol. The quantitative estimate of drug-likeness (QED) is 0.0216. The van der Waals surface area contributed by atoms with Crippen LogP contribution >= 0.6 is 7.82 Å². The number of nitrogens with two attached hydrogens (primary N) is 1. The topological polar surface area (TPSA) is 188 Å². The summed E-state index contributed by atoms with van der Waals surface area (Å²) in [5, 5.41) is 20.4. The van der Waals surface area contributed by atoms with Crippen LogP contribution in [-0.4, -0.2) is 71.7 Å². The first-order chi connectivity index (χ1) is 26.9. The number of phosphoric acid groups is 1. The number of unbranched alkanes of at least 4 members (excludes halogenated alkanes) is 14. The number of esters is 2. The van der Waals surface area contributed by atoms with Gasteiger partial charge in [0, 0.05) is 32.2 Å². The third kappa shape index (κ3) is 26.1. The van der Waals surface area contributed by atoms with Gasteiger partial charge in [-0.15, -0.1) is 0 Å². The summed E-state index contributed by atoms with van der Waals surface area (Å²) in [6, 6.07) is 0. The summed E-state index contributed by atoms with van der Waals surface area (Å²) in [6.07, 6.45) is 22.6. The summed E-state index contributed by atoms with van der Waals surface area (Å²) in [7, 11) is -4.42. The van der Waals surface area contributed by atoms with Crippen molar-refractivity contribution in [3.8, 4) is 0 Å². The number of allylic oxidation sites excluding steroid dienone is 1. The van der Waals surface area contributed by atoms with Gasteiger partial charge in [0.15, 0.2) is 6.10 Å². The van der Waals surface area contributed by atoms with E-state index in [1.54, 1.807) is 0 Å². The van der Waals surface area contributed by atoms with Gasteiger partial charge < -0.3 is 34.7 Å². The van der Waals surface area contributed by atoms with E-state index in [-0.39, 0.29) is 32.6 Å². The van der Waals surface area contributed by atoms with Crippen molar-refractivity contribution in [1.29, 1.82) is 0 Å². The third-order valence-corrected chi connectivity index (χ3v) is 11.0. The van der Waals surface area contributed by atoms with Gasteiger partial charge in [-0.25, -0.2) is 4.57 Å². The molecule has 0 spiro atoms. The molecule has 0 amide bonds. The third-order valence-electron chi connectivity index (χ3n) is 10.0. The number of hydrogen-bond donors (Lipinski definition) is 4. The SMILES string of the molecule is CCCCC/C=C\C[C@@H](O)[C@H](O)CCCCCCCC(=O)OC[C@H](COP(=O)(O)OCCN)OC(=O)CCCCCCCCCCc1oc(CCC)c(C)c1C. The molecule has 5 N–H and O–H groups in total. The van der Waals surface area contributed by atoms with Crippen LogP contribution in [0.15, 0.2) is 16.6 Å². The van der Waals surface area contributed by atoms with Crippen molar-refractivity contribution in [2.24, 2.45) is 5.73 Å². The largest absolute Gasteiger partial charge is 0.472 e. The molecule has 4 atom stereocenters. The van der Waals surface area contributed by atoms with Gasteiger partial charge in [0.05, 0.1) is 25.4 Å². The lowest BCUT2D eigenvalue weighted by Crippen LogP contribution is -2.29. The molecule has 0 fully saturated rings. The van der Waals surface area contributed by atoms with Gasteiger partial charge in [0.1, 0.15) is 18.1 Å². The Labute approximate surface area is 338 Å². The highest BCUT2D eigenvalue weighted by atomic mass is 31.2. The number of hydrogen-bond acceptors (Lipinski definition) is 11. The fourth-order valence-electron chi connectivity index (χ4n) is 6.41. The standard InChI is InChI=1S/C43H78NO11P/c1-5-7-8-9-15-20-26-38(45)39(46)27-21-16-14-19-23-29-42(47)51-33-37(34-53-56(49,50)52-32-31-44)54-43(48)30-24-18-13-11-10-12-17-22-28-41-36(4)35(3)40(55-41)25-6-2/h15,20,37-39,45-46H,5-14,16-19,21-34,44H2,1-4H3,(H,49,50)/b20-15-/t37-,38-,39-/m1/s1. The van der Waals surface area contributed by atoms with E-state index in [4.69, 9.17) is 28.7 Å². The van der Waals surface area contributed by atoms with Crippen LogP contribution in [0.3, 0.4) is 0 Å². The molecule has 0 aliphatic carbocycles. The fraction of sp³-hybridized carbons (Fsp3) is 0.814. The van der Waals surface area contributed by atoms with Crippen molar-refractivity contribution < 1.29 is 52.2 Å². The summed E-state index contributed by atoms with van der Waals surface area (Å²) in [6.45, 7) is 7.70. The Morgan fingerprint density at radius 1 is 0.714 bits per heavy atom. The summed E-state index contributed by atoms with van der Waals surface area (Å²) >= 11 is 0. The Morgan fingerprint density at radius 2 is 1.30 bits per heavy atom. The van der Waals surface area contributed by atoms with Crippen LogP contribution in [-0.2, 0) is 45.5 Å². The van der Waals surface area contributed by atoms with Gasteiger partial charge in [-0.05, 0) is 76.3 Å². The molecule has 0 aliphatic rings. The van der Waals surface area contributed by atoms with Crippen LogP contribution in [0.1, 0.15) is 178 Å². The van der Waals surface area contributed by atoms with Gasteiger partial charge in [-0.3, -0.25) is 18.6 Å². The van der Waals surface area contributed by atoms with E-state index in [1.807, 2.05) is 6.08 Å². The molecular formula is C43H78NO11P. The lowest BCUT2D eigenvalue weighted by molar-refractivity contribution is -0.161. The minimum atomic E-state index is -4.42. The highest BCUT2D eigenvalue weighted by Gasteiger charge is 2.26. The Morgan fingerprint density at radius 3 is 1.93 bits per heavy atom. The molecular weight excluding hydrogens is 737 g/mol. The molecule has 0 bridgehead atoms. The Balaban J connectivity index is 2.29. The molecule has 13 heteroatoms. The van der Waals surface area contributed by atoms with Gasteiger partial charge in [-0.1, -0.05) is 103 Å². The number of phosphoric ester groups is 1. The molecule has 56 heavy (non-hydrogen) atoms. The summed E-state index contributed by atoms with van der Waals surface area (Å²) < 4.78 is 38.8. The van der Waals surface area contributed by atoms with E-state index < -0.39 is 44.7 Å². The molecule has 1 heterocycles. The van der Waals surface area contributed by atoms with E-state index in [0.29, 0.717) is 25.7 Å². The monoisotopic (exact) mass is 816 g/mol. The van der Waals surface area contributed by atoms with Crippen LogP contribution in [0.5, 0.6) is 0 Å². The Hall–Kier alpha value is -2.05. The maximum Gasteiger partial charge on any atom is 0.472 e. The van der Waals surface area contributed by atoms with Crippen LogP contribution in [0.4, 0.5) is 0 Å². The molecule has 1 aromatic rings. The predicted molar refractivity (Wildman–Crippen MR) is 221 cm³/mol. The number of carbonyl (C=O) groups is 2. The second-order valence-corrected chi connectivity index (χ2v) is 16.6. The van der Waals surface area contributed by atoms with E-state index in [1.165, 1.54) is 30.4 Å². The average Bonchev–Trinajstić information content (AvgIpc) is 3.44. The van der Waals surface area contributed by atoms with Crippen molar-refractivity contribution in [3.05, 3.63) is 34.8 Å². The fourth-order valence-corrected chi connectivity index (χ4v) is 7.18. The Kier molecular flexibility index (Phi) is 30.5. The second kappa shape index (κ2) is 32.9. The molecule has 0 aromatic carbocycles. The maximum atomic E-state index is 12.6. The van der Waals surface area contributed by atoms with E-state index >= 15 is 0 Å². The van der Waals surface area contributed by atoms with Gasteiger partial charge in [0.25, 0.3) is 0 Å². The first kappa shape index (κ1) is 52.0. The van der Waals surface area contributed by atoms with Crippen LogP contribution < -0.4 is 5.73 Å². The number of aliphatic hydroxyl groups excluding tert-OH is 2. The molecule has 326 valence electrons. The van der Waals surface area contributed by atoms with Gasteiger partial charge >= 0.3 is 19.8 Å². The molecule has 0 saturated heterocycles. The smallest absolute Gasteiger partial charge is 0.466 e. The minimum Gasteiger partial charge on any atom is -0.466 e. The van der Waals surface area contributed by atoms with Gasteiger partial charge in [-0.2, -0.15) is 0 Å². The van der Waals surface area contributed by atoms with Crippen molar-refractivity contribution >= 4 is 19.8 Å².